The Balaban J connectivity index is 2.82. The van der Waals surface area contributed by atoms with Gasteiger partial charge in [-0.05, 0) is 74.7 Å². The molecule has 0 aromatic heterocycles. The number of hydrogen-bond donors (Lipinski definition) is 0. The third-order valence-electron chi connectivity index (χ3n) is 3.06. The van der Waals surface area contributed by atoms with Crippen molar-refractivity contribution >= 4 is 29.1 Å². The Kier molecular flexibility index (Phi) is 6.59. The Labute approximate surface area is 126 Å². The minimum atomic E-state index is 0.0648. The second-order valence-corrected chi connectivity index (χ2v) is 5.35. The second-order valence-electron chi connectivity index (χ2n) is 4.89. The quantitative estimate of drug-likeness (QED) is 0.580. The summed E-state index contributed by atoms with van der Waals surface area (Å²) in [5.41, 5.74) is 4.73. The van der Waals surface area contributed by atoms with Gasteiger partial charge in [0, 0.05) is 6.42 Å². The molecule has 2 nitrogen and oxygen atoms in total. The van der Waals surface area contributed by atoms with Gasteiger partial charge in [0.15, 0.2) is 10.8 Å². The molecule has 0 heterocycles. The highest BCUT2D eigenvalue weighted by atomic mass is 32.1. The molecule has 0 aliphatic rings. The zero-order chi connectivity index (χ0) is 15.1. The summed E-state index contributed by atoms with van der Waals surface area (Å²) in [7, 11) is 0. The number of carbonyl (C=O) groups excluding carboxylic acids is 1. The van der Waals surface area contributed by atoms with Gasteiger partial charge in [0.1, 0.15) is 0 Å². The SMILES string of the molecule is CCOC(=S)CCc1cc(C)c(C=CC(C)=O)c(C)c1. The van der Waals surface area contributed by atoms with Crippen LogP contribution in [0.1, 0.15) is 42.5 Å². The molecule has 0 radical (unpaired) electrons. The molecule has 0 unspecified atom stereocenters. The first-order chi connectivity index (χ1) is 9.43. The van der Waals surface area contributed by atoms with E-state index < -0.39 is 0 Å². The van der Waals surface area contributed by atoms with Crippen LogP contribution in [0.3, 0.4) is 0 Å². The van der Waals surface area contributed by atoms with E-state index in [0.29, 0.717) is 11.7 Å². The summed E-state index contributed by atoms with van der Waals surface area (Å²) in [4.78, 5) is 11.0. The number of benzene rings is 1. The lowest BCUT2D eigenvalue weighted by Crippen LogP contribution is -2.03. The van der Waals surface area contributed by atoms with E-state index in [2.05, 4.69) is 26.0 Å². The Morgan fingerprint density at radius 2 is 1.90 bits per heavy atom. The van der Waals surface area contributed by atoms with Crippen LogP contribution in [0.5, 0.6) is 0 Å². The molecule has 108 valence electrons. The highest BCUT2D eigenvalue weighted by Gasteiger charge is 2.05. The predicted molar refractivity (Wildman–Crippen MR) is 88.2 cm³/mol. The normalized spacial score (nSPS) is 10.8. The van der Waals surface area contributed by atoms with Crippen molar-refractivity contribution in [2.45, 2.75) is 40.5 Å². The first kappa shape index (κ1) is 16.6. The van der Waals surface area contributed by atoms with Crippen LogP contribution in [0.15, 0.2) is 18.2 Å². The third-order valence-corrected chi connectivity index (χ3v) is 3.38. The van der Waals surface area contributed by atoms with E-state index in [4.69, 9.17) is 17.0 Å². The van der Waals surface area contributed by atoms with Crippen LogP contribution in [0.4, 0.5) is 0 Å². The van der Waals surface area contributed by atoms with Crippen LogP contribution < -0.4 is 0 Å². The first-order valence-electron chi connectivity index (χ1n) is 6.88. The Bertz CT molecular complexity index is 507. The summed E-state index contributed by atoms with van der Waals surface area (Å²) >= 11 is 5.14. The van der Waals surface area contributed by atoms with Crippen molar-refractivity contribution in [1.82, 2.24) is 0 Å². The van der Waals surface area contributed by atoms with Crippen molar-refractivity contribution in [3.05, 3.63) is 40.5 Å². The molecular formula is C17H22O2S. The molecule has 0 saturated heterocycles. The summed E-state index contributed by atoms with van der Waals surface area (Å²) in [6, 6.07) is 4.31. The van der Waals surface area contributed by atoms with E-state index in [9.17, 15) is 4.79 Å². The van der Waals surface area contributed by atoms with Gasteiger partial charge in [-0.25, -0.2) is 0 Å². The highest BCUT2D eigenvalue weighted by Crippen LogP contribution is 2.19. The van der Waals surface area contributed by atoms with Crippen molar-refractivity contribution < 1.29 is 9.53 Å². The van der Waals surface area contributed by atoms with Crippen LogP contribution in [0.2, 0.25) is 0 Å². The maximum absolute atomic E-state index is 11.0. The molecule has 0 bridgehead atoms. The first-order valence-corrected chi connectivity index (χ1v) is 7.29. The summed E-state index contributed by atoms with van der Waals surface area (Å²) in [6.45, 7) is 8.26. The van der Waals surface area contributed by atoms with Gasteiger partial charge in [-0.15, -0.1) is 0 Å². The molecule has 3 heteroatoms. The van der Waals surface area contributed by atoms with E-state index in [0.717, 1.165) is 18.4 Å². The fourth-order valence-electron chi connectivity index (χ4n) is 2.15. The fourth-order valence-corrected chi connectivity index (χ4v) is 2.37. The van der Waals surface area contributed by atoms with Crippen LogP contribution in [-0.4, -0.2) is 17.4 Å². The van der Waals surface area contributed by atoms with Gasteiger partial charge < -0.3 is 4.74 Å². The third kappa shape index (κ3) is 5.25. The largest absolute Gasteiger partial charge is 0.487 e. The topological polar surface area (TPSA) is 26.3 Å². The average molecular weight is 290 g/mol. The van der Waals surface area contributed by atoms with Gasteiger partial charge in [-0.1, -0.05) is 18.2 Å². The summed E-state index contributed by atoms with van der Waals surface area (Å²) < 4.78 is 5.30. The summed E-state index contributed by atoms with van der Waals surface area (Å²) in [5.74, 6) is 0.0648. The Hall–Kier alpha value is -1.48. The van der Waals surface area contributed by atoms with Crippen molar-refractivity contribution in [3.8, 4) is 0 Å². The molecular weight excluding hydrogens is 268 g/mol. The molecule has 0 saturated carbocycles. The van der Waals surface area contributed by atoms with Gasteiger partial charge >= 0.3 is 0 Å². The van der Waals surface area contributed by atoms with Crippen LogP contribution in [0.25, 0.3) is 6.08 Å². The summed E-state index contributed by atoms with van der Waals surface area (Å²) in [6.07, 6.45) is 5.16. The Morgan fingerprint density at radius 1 is 1.30 bits per heavy atom. The molecule has 0 aliphatic heterocycles. The molecule has 1 rings (SSSR count). The number of allylic oxidation sites excluding steroid dienone is 1. The number of ether oxygens (including phenoxy) is 1. The smallest absolute Gasteiger partial charge is 0.159 e. The standard InChI is InChI=1S/C17H22O2S/c1-5-19-17(20)9-7-15-10-12(2)16(13(3)11-15)8-6-14(4)18/h6,8,10-11H,5,7,9H2,1-4H3. The zero-order valence-corrected chi connectivity index (χ0v) is 13.5. The number of thiocarbonyl (C=S) groups is 1. The molecule has 1 aromatic rings. The van der Waals surface area contributed by atoms with Gasteiger partial charge in [0.05, 0.1) is 6.61 Å². The lowest BCUT2D eigenvalue weighted by molar-refractivity contribution is -0.112. The van der Waals surface area contributed by atoms with Crippen LogP contribution in [-0.2, 0) is 16.0 Å². The predicted octanol–water partition coefficient (Wildman–Crippen LogP) is 4.20. The maximum atomic E-state index is 11.0. The van der Waals surface area contributed by atoms with Crippen molar-refractivity contribution in [3.63, 3.8) is 0 Å². The maximum Gasteiger partial charge on any atom is 0.159 e. The number of rotatable bonds is 6. The number of aryl methyl sites for hydroxylation is 3. The van der Waals surface area contributed by atoms with Crippen molar-refractivity contribution in [1.29, 1.82) is 0 Å². The van der Waals surface area contributed by atoms with Gasteiger partial charge in [-0.3, -0.25) is 4.79 Å². The molecule has 0 fully saturated rings. The zero-order valence-electron chi connectivity index (χ0n) is 12.7. The molecule has 0 spiro atoms. The van der Waals surface area contributed by atoms with Gasteiger partial charge in [0.2, 0.25) is 0 Å². The monoisotopic (exact) mass is 290 g/mol. The highest BCUT2D eigenvalue weighted by molar-refractivity contribution is 7.80. The number of ketones is 1. The summed E-state index contributed by atoms with van der Waals surface area (Å²) in [5, 5.41) is 0.670. The molecule has 0 N–H and O–H groups in total. The number of hydrogen-bond acceptors (Lipinski definition) is 3. The average Bonchev–Trinajstić information content (AvgIpc) is 2.35. The minimum absolute atomic E-state index is 0.0648. The van der Waals surface area contributed by atoms with E-state index in [1.165, 1.54) is 16.7 Å². The van der Waals surface area contributed by atoms with Gasteiger partial charge in [-0.2, -0.15) is 0 Å². The molecule has 0 amide bonds. The Morgan fingerprint density at radius 3 is 2.40 bits per heavy atom. The van der Waals surface area contributed by atoms with Crippen LogP contribution in [0, 0.1) is 13.8 Å². The molecule has 0 atom stereocenters. The van der Waals surface area contributed by atoms with Gasteiger partial charge in [0.25, 0.3) is 0 Å². The van der Waals surface area contributed by atoms with E-state index in [1.807, 2.05) is 13.0 Å². The lowest BCUT2D eigenvalue weighted by atomic mass is 9.97. The molecule has 0 aliphatic carbocycles. The van der Waals surface area contributed by atoms with E-state index in [-0.39, 0.29) is 5.78 Å². The molecule has 1 aromatic carbocycles. The number of carbonyl (C=O) groups is 1. The fraction of sp³-hybridized carbons (Fsp3) is 0.412. The van der Waals surface area contributed by atoms with E-state index >= 15 is 0 Å². The van der Waals surface area contributed by atoms with Crippen LogP contribution >= 0.6 is 12.2 Å². The minimum Gasteiger partial charge on any atom is -0.487 e. The van der Waals surface area contributed by atoms with Crippen molar-refractivity contribution in [2.75, 3.05) is 6.61 Å². The lowest BCUT2D eigenvalue weighted by Gasteiger charge is -2.10. The van der Waals surface area contributed by atoms with Crippen molar-refractivity contribution in [2.24, 2.45) is 0 Å². The van der Waals surface area contributed by atoms with E-state index in [1.54, 1.807) is 13.0 Å². The second kappa shape index (κ2) is 7.95. The molecule has 20 heavy (non-hydrogen) atoms.